The number of rotatable bonds is 4. The molecule has 2 aliphatic rings. The molecule has 8 heteroatoms. The van der Waals surface area contributed by atoms with Gasteiger partial charge in [0.2, 0.25) is 5.91 Å². The van der Waals surface area contributed by atoms with Gasteiger partial charge in [0, 0.05) is 45.6 Å². The number of imidazole rings is 1. The minimum atomic E-state index is -0.834. The Balaban J connectivity index is 1.70. The summed E-state index contributed by atoms with van der Waals surface area (Å²) in [6.45, 7) is 3.87. The van der Waals surface area contributed by atoms with E-state index in [4.69, 9.17) is 4.74 Å². The summed E-state index contributed by atoms with van der Waals surface area (Å²) >= 11 is 0. The molecule has 1 N–H and O–H groups in total. The first-order chi connectivity index (χ1) is 11.5. The highest BCUT2D eigenvalue weighted by Gasteiger charge is 2.37. The van der Waals surface area contributed by atoms with Gasteiger partial charge in [-0.15, -0.1) is 0 Å². The molecular weight excluding hydrogens is 312 g/mol. The molecule has 2 aliphatic heterocycles. The number of likely N-dealkylation sites (tertiary alicyclic amines) is 1. The monoisotopic (exact) mass is 336 g/mol. The molecule has 8 nitrogen and oxygen atoms in total. The SMILES string of the molecule is Cn1ccnc1CN1C[C@@H](C(=O)O)C[C@H](C(=O)N2CCOCC2)C1. The number of hydrogen-bond donors (Lipinski definition) is 1. The molecule has 132 valence electrons. The van der Waals surface area contributed by atoms with Crippen LogP contribution in [-0.4, -0.2) is 75.7 Å². The minimum Gasteiger partial charge on any atom is -0.481 e. The molecule has 1 aromatic rings. The number of carbonyl (C=O) groups excluding carboxylic acids is 1. The average molecular weight is 336 g/mol. The van der Waals surface area contributed by atoms with Crippen molar-refractivity contribution < 1.29 is 19.4 Å². The third-order valence-corrected chi connectivity index (χ3v) is 4.83. The van der Waals surface area contributed by atoms with Crippen molar-refractivity contribution in [2.45, 2.75) is 13.0 Å². The summed E-state index contributed by atoms with van der Waals surface area (Å²) < 4.78 is 7.21. The maximum atomic E-state index is 12.8. The molecule has 0 aliphatic carbocycles. The molecule has 0 spiro atoms. The van der Waals surface area contributed by atoms with Crippen LogP contribution in [0, 0.1) is 11.8 Å². The highest BCUT2D eigenvalue weighted by Crippen LogP contribution is 2.25. The predicted octanol–water partition coefficient (Wildman–Crippen LogP) is -0.198. The number of carboxylic acid groups (broad SMARTS) is 1. The van der Waals surface area contributed by atoms with Crippen LogP contribution >= 0.6 is 0 Å². The van der Waals surface area contributed by atoms with Gasteiger partial charge < -0.3 is 19.3 Å². The second-order valence-corrected chi connectivity index (χ2v) is 6.55. The van der Waals surface area contributed by atoms with E-state index in [1.54, 1.807) is 11.1 Å². The number of aromatic nitrogens is 2. The van der Waals surface area contributed by atoms with Gasteiger partial charge in [0.1, 0.15) is 5.82 Å². The van der Waals surface area contributed by atoms with Crippen LogP contribution in [0.5, 0.6) is 0 Å². The van der Waals surface area contributed by atoms with Crippen LogP contribution in [0.4, 0.5) is 0 Å². The van der Waals surface area contributed by atoms with E-state index in [2.05, 4.69) is 4.98 Å². The van der Waals surface area contributed by atoms with Crippen molar-refractivity contribution in [1.29, 1.82) is 0 Å². The molecule has 2 atom stereocenters. The lowest BCUT2D eigenvalue weighted by atomic mass is 9.88. The molecule has 0 saturated carbocycles. The zero-order valence-electron chi connectivity index (χ0n) is 13.9. The summed E-state index contributed by atoms with van der Waals surface area (Å²) in [6.07, 6.45) is 4.00. The maximum Gasteiger partial charge on any atom is 0.307 e. The first kappa shape index (κ1) is 16.9. The van der Waals surface area contributed by atoms with Crippen LogP contribution in [0.2, 0.25) is 0 Å². The summed E-state index contributed by atoms with van der Waals surface area (Å²) in [6, 6.07) is 0. The first-order valence-electron chi connectivity index (χ1n) is 8.32. The number of aryl methyl sites for hydroxylation is 1. The Morgan fingerprint density at radius 3 is 2.62 bits per heavy atom. The highest BCUT2D eigenvalue weighted by molar-refractivity contribution is 5.80. The van der Waals surface area contributed by atoms with Crippen molar-refractivity contribution in [2.24, 2.45) is 18.9 Å². The number of amides is 1. The lowest BCUT2D eigenvalue weighted by Gasteiger charge is -2.38. The van der Waals surface area contributed by atoms with Crippen molar-refractivity contribution in [2.75, 3.05) is 39.4 Å². The fraction of sp³-hybridized carbons (Fsp3) is 0.688. The number of hydrogen-bond acceptors (Lipinski definition) is 5. The number of nitrogens with zero attached hydrogens (tertiary/aromatic N) is 4. The maximum absolute atomic E-state index is 12.8. The van der Waals surface area contributed by atoms with Crippen molar-refractivity contribution in [3.63, 3.8) is 0 Å². The molecule has 2 fully saturated rings. The topological polar surface area (TPSA) is 87.9 Å². The first-order valence-corrected chi connectivity index (χ1v) is 8.32. The van der Waals surface area contributed by atoms with Gasteiger partial charge in [0.15, 0.2) is 0 Å². The molecule has 0 unspecified atom stereocenters. The molecular formula is C16H24N4O4. The minimum absolute atomic E-state index is 0.0501. The van der Waals surface area contributed by atoms with Crippen molar-refractivity contribution in [3.8, 4) is 0 Å². The van der Waals surface area contributed by atoms with Crippen molar-refractivity contribution in [3.05, 3.63) is 18.2 Å². The molecule has 0 bridgehead atoms. The number of morpholine rings is 1. The molecule has 1 amide bonds. The molecule has 24 heavy (non-hydrogen) atoms. The van der Waals surface area contributed by atoms with E-state index in [1.165, 1.54) is 0 Å². The van der Waals surface area contributed by atoms with Gasteiger partial charge in [0.25, 0.3) is 0 Å². The van der Waals surface area contributed by atoms with E-state index < -0.39 is 11.9 Å². The van der Waals surface area contributed by atoms with E-state index in [0.717, 1.165) is 5.82 Å². The van der Waals surface area contributed by atoms with Crippen LogP contribution < -0.4 is 0 Å². The summed E-state index contributed by atoms with van der Waals surface area (Å²) in [5.74, 6) is -0.709. The zero-order valence-corrected chi connectivity index (χ0v) is 13.9. The molecule has 1 aromatic heterocycles. The molecule has 0 aromatic carbocycles. The van der Waals surface area contributed by atoms with Crippen LogP contribution in [0.3, 0.4) is 0 Å². The van der Waals surface area contributed by atoms with Gasteiger partial charge >= 0.3 is 5.97 Å². The largest absolute Gasteiger partial charge is 0.481 e. The highest BCUT2D eigenvalue weighted by atomic mass is 16.5. The summed E-state index contributed by atoms with van der Waals surface area (Å²) in [5, 5.41) is 9.45. The van der Waals surface area contributed by atoms with E-state index in [0.29, 0.717) is 52.4 Å². The average Bonchev–Trinajstić information content (AvgIpc) is 2.99. The van der Waals surface area contributed by atoms with E-state index in [1.807, 2.05) is 22.7 Å². The van der Waals surface area contributed by atoms with E-state index in [9.17, 15) is 14.7 Å². The molecule has 3 rings (SSSR count). The van der Waals surface area contributed by atoms with Crippen LogP contribution in [0.15, 0.2) is 12.4 Å². The van der Waals surface area contributed by atoms with Crippen LogP contribution in [0.25, 0.3) is 0 Å². The second kappa shape index (κ2) is 7.31. The van der Waals surface area contributed by atoms with Crippen molar-refractivity contribution >= 4 is 11.9 Å². The molecule has 0 radical (unpaired) electrons. The Bertz CT molecular complexity index is 597. The van der Waals surface area contributed by atoms with Crippen LogP contribution in [0.1, 0.15) is 12.2 Å². The van der Waals surface area contributed by atoms with E-state index >= 15 is 0 Å². The molecule has 2 saturated heterocycles. The predicted molar refractivity (Wildman–Crippen MR) is 85.1 cm³/mol. The Morgan fingerprint density at radius 2 is 2.00 bits per heavy atom. The quantitative estimate of drug-likeness (QED) is 0.819. The van der Waals surface area contributed by atoms with Gasteiger partial charge in [-0.05, 0) is 6.42 Å². The standard InChI is InChI=1S/C16H24N4O4/c1-18-3-2-17-14(18)11-19-9-12(8-13(10-19)16(22)23)15(21)20-4-6-24-7-5-20/h2-3,12-13H,4-11H2,1H3,(H,22,23)/t12-,13-/m0/s1. The lowest BCUT2D eigenvalue weighted by Crippen LogP contribution is -2.51. The van der Waals surface area contributed by atoms with Gasteiger partial charge in [-0.3, -0.25) is 14.5 Å². The Labute approximate surface area is 141 Å². The fourth-order valence-corrected chi connectivity index (χ4v) is 3.47. The molecule has 3 heterocycles. The Kier molecular flexibility index (Phi) is 5.15. The number of piperidine rings is 1. The smallest absolute Gasteiger partial charge is 0.307 e. The lowest BCUT2D eigenvalue weighted by molar-refractivity contribution is -0.149. The number of aliphatic carboxylic acids is 1. The number of carbonyl (C=O) groups is 2. The summed E-state index contributed by atoms with van der Waals surface area (Å²) in [4.78, 5) is 32.4. The third kappa shape index (κ3) is 3.76. The van der Waals surface area contributed by atoms with Gasteiger partial charge in [-0.1, -0.05) is 0 Å². The summed E-state index contributed by atoms with van der Waals surface area (Å²) in [7, 11) is 1.91. The Hall–Kier alpha value is -1.93. The summed E-state index contributed by atoms with van der Waals surface area (Å²) in [5.41, 5.74) is 0. The number of ether oxygens (including phenoxy) is 1. The van der Waals surface area contributed by atoms with Crippen molar-refractivity contribution in [1.82, 2.24) is 19.4 Å². The second-order valence-electron chi connectivity index (χ2n) is 6.55. The van der Waals surface area contributed by atoms with Gasteiger partial charge in [-0.2, -0.15) is 0 Å². The zero-order chi connectivity index (χ0) is 17.1. The number of carboxylic acids is 1. The van der Waals surface area contributed by atoms with Gasteiger partial charge in [-0.25, -0.2) is 4.98 Å². The van der Waals surface area contributed by atoms with Crippen LogP contribution in [-0.2, 0) is 27.9 Å². The van der Waals surface area contributed by atoms with Gasteiger partial charge in [0.05, 0.1) is 31.6 Å². The fourth-order valence-electron chi connectivity index (χ4n) is 3.47. The van der Waals surface area contributed by atoms with E-state index in [-0.39, 0.29) is 11.8 Å². The third-order valence-electron chi connectivity index (χ3n) is 4.83. The Morgan fingerprint density at radius 1 is 1.29 bits per heavy atom. The normalized spacial score (nSPS) is 25.6.